The lowest BCUT2D eigenvalue weighted by atomic mass is 9.84. The highest BCUT2D eigenvalue weighted by Crippen LogP contribution is 2.28. The van der Waals surface area contributed by atoms with Crippen LogP contribution in [0, 0.1) is 5.92 Å². The molecule has 0 bridgehead atoms. The number of carbonyl (C=O) groups excluding carboxylic acids is 1. The molecule has 0 N–H and O–H groups in total. The molecule has 0 spiro atoms. The molecule has 1 saturated heterocycles. The fourth-order valence-corrected chi connectivity index (χ4v) is 3.26. The maximum absolute atomic E-state index is 12.4. The number of hydrogen-bond donors (Lipinski definition) is 0. The standard InChI is InChI=1S/C18H27N3O2/c1-2-23-17-8-7-15(13-19-17)14-20-9-4-10-21(12-11-20)18(22)16-5-3-6-16/h7-8,13,16H,2-6,9-12,14H2,1H3. The van der Waals surface area contributed by atoms with Gasteiger partial charge < -0.3 is 9.64 Å². The molecule has 126 valence electrons. The summed E-state index contributed by atoms with van der Waals surface area (Å²) < 4.78 is 5.38. The largest absolute Gasteiger partial charge is 0.478 e. The molecule has 0 atom stereocenters. The van der Waals surface area contributed by atoms with Crippen LogP contribution in [0.2, 0.25) is 0 Å². The zero-order valence-corrected chi connectivity index (χ0v) is 14.0. The number of nitrogens with zero attached hydrogens (tertiary/aromatic N) is 3. The summed E-state index contributed by atoms with van der Waals surface area (Å²) in [6.07, 6.45) is 6.37. The van der Waals surface area contributed by atoms with E-state index in [0.717, 1.165) is 52.0 Å². The van der Waals surface area contributed by atoms with Crippen LogP contribution in [0.4, 0.5) is 0 Å². The topological polar surface area (TPSA) is 45.7 Å². The zero-order valence-electron chi connectivity index (χ0n) is 14.0. The fourth-order valence-electron chi connectivity index (χ4n) is 3.26. The molecule has 1 aromatic heterocycles. The Bertz CT molecular complexity index is 514. The van der Waals surface area contributed by atoms with Crippen molar-refractivity contribution in [2.45, 2.75) is 39.2 Å². The molecule has 1 aliphatic carbocycles. The number of ether oxygens (including phenoxy) is 1. The van der Waals surface area contributed by atoms with Crippen molar-refractivity contribution in [1.29, 1.82) is 0 Å². The summed E-state index contributed by atoms with van der Waals surface area (Å²) in [7, 11) is 0. The van der Waals surface area contributed by atoms with Gasteiger partial charge in [0.15, 0.2) is 0 Å². The first-order valence-electron chi connectivity index (χ1n) is 8.85. The number of pyridine rings is 1. The van der Waals surface area contributed by atoms with Gasteiger partial charge in [0.1, 0.15) is 0 Å². The van der Waals surface area contributed by atoms with Crippen molar-refractivity contribution in [2.75, 3.05) is 32.8 Å². The molecule has 2 aliphatic rings. The Hall–Kier alpha value is -1.62. The molecule has 0 radical (unpaired) electrons. The van der Waals surface area contributed by atoms with Crippen molar-refractivity contribution >= 4 is 5.91 Å². The van der Waals surface area contributed by atoms with E-state index < -0.39 is 0 Å². The molecular weight excluding hydrogens is 290 g/mol. The minimum Gasteiger partial charge on any atom is -0.478 e. The Balaban J connectivity index is 1.50. The molecular formula is C18H27N3O2. The van der Waals surface area contributed by atoms with Crippen molar-refractivity contribution in [1.82, 2.24) is 14.8 Å². The second kappa shape index (κ2) is 7.77. The van der Waals surface area contributed by atoms with Gasteiger partial charge in [-0.15, -0.1) is 0 Å². The van der Waals surface area contributed by atoms with Crippen LogP contribution < -0.4 is 4.74 Å². The van der Waals surface area contributed by atoms with Crippen LogP contribution in [0.3, 0.4) is 0 Å². The molecule has 1 amide bonds. The monoisotopic (exact) mass is 317 g/mol. The summed E-state index contributed by atoms with van der Waals surface area (Å²) in [4.78, 5) is 21.2. The molecule has 5 nitrogen and oxygen atoms in total. The van der Waals surface area contributed by atoms with Crippen LogP contribution in [0.1, 0.15) is 38.2 Å². The average Bonchev–Trinajstić information content (AvgIpc) is 2.73. The number of aromatic nitrogens is 1. The summed E-state index contributed by atoms with van der Waals surface area (Å²) in [5.41, 5.74) is 1.20. The van der Waals surface area contributed by atoms with Crippen LogP contribution in [0.15, 0.2) is 18.3 Å². The van der Waals surface area contributed by atoms with Gasteiger partial charge in [-0.1, -0.05) is 12.5 Å². The summed E-state index contributed by atoms with van der Waals surface area (Å²) in [5, 5.41) is 0. The van der Waals surface area contributed by atoms with Crippen molar-refractivity contribution in [3.05, 3.63) is 23.9 Å². The first-order chi connectivity index (χ1) is 11.3. The third-order valence-corrected chi connectivity index (χ3v) is 4.85. The van der Waals surface area contributed by atoms with Crippen molar-refractivity contribution in [2.24, 2.45) is 5.92 Å². The number of carbonyl (C=O) groups is 1. The molecule has 23 heavy (non-hydrogen) atoms. The summed E-state index contributed by atoms with van der Waals surface area (Å²) in [5.74, 6) is 1.39. The van der Waals surface area contributed by atoms with Crippen LogP contribution in [0.25, 0.3) is 0 Å². The summed E-state index contributed by atoms with van der Waals surface area (Å²) >= 11 is 0. The first kappa shape index (κ1) is 16.2. The van der Waals surface area contributed by atoms with Crippen molar-refractivity contribution in [3.63, 3.8) is 0 Å². The van der Waals surface area contributed by atoms with Gasteiger partial charge in [0.25, 0.3) is 0 Å². The van der Waals surface area contributed by atoms with Gasteiger partial charge in [0, 0.05) is 50.9 Å². The number of hydrogen-bond acceptors (Lipinski definition) is 4. The van der Waals surface area contributed by atoms with Gasteiger partial charge in [0.05, 0.1) is 6.61 Å². The Kier molecular flexibility index (Phi) is 5.49. The van der Waals surface area contributed by atoms with Gasteiger partial charge in [0.2, 0.25) is 11.8 Å². The van der Waals surface area contributed by atoms with Gasteiger partial charge in [-0.25, -0.2) is 4.98 Å². The lowest BCUT2D eigenvalue weighted by Gasteiger charge is -2.31. The molecule has 0 aromatic carbocycles. The molecule has 2 fully saturated rings. The molecule has 0 unspecified atom stereocenters. The second-order valence-electron chi connectivity index (χ2n) is 6.52. The highest BCUT2D eigenvalue weighted by molar-refractivity contribution is 5.79. The average molecular weight is 317 g/mol. The predicted octanol–water partition coefficient (Wildman–Crippen LogP) is 2.31. The quantitative estimate of drug-likeness (QED) is 0.836. The Morgan fingerprint density at radius 1 is 1.22 bits per heavy atom. The molecule has 1 aliphatic heterocycles. The lowest BCUT2D eigenvalue weighted by Crippen LogP contribution is -2.41. The molecule has 1 saturated carbocycles. The zero-order chi connectivity index (χ0) is 16.1. The SMILES string of the molecule is CCOc1ccc(CN2CCCN(C(=O)C3CCC3)CC2)cn1. The first-order valence-corrected chi connectivity index (χ1v) is 8.85. The lowest BCUT2D eigenvalue weighted by molar-refractivity contribution is -0.138. The molecule has 2 heterocycles. The Morgan fingerprint density at radius 3 is 2.74 bits per heavy atom. The molecule has 5 heteroatoms. The maximum atomic E-state index is 12.4. The Labute approximate surface area is 138 Å². The normalized spacial score (nSPS) is 20.0. The predicted molar refractivity (Wildman–Crippen MR) is 89.2 cm³/mol. The smallest absolute Gasteiger partial charge is 0.225 e. The summed E-state index contributed by atoms with van der Waals surface area (Å²) in [6, 6.07) is 4.02. The van der Waals surface area contributed by atoms with E-state index in [0.29, 0.717) is 24.3 Å². The highest BCUT2D eigenvalue weighted by Gasteiger charge is 2.30. The van der Waals surface area contributed by atoms with E-state index in [1.54, 1.807) is 0 Å². The van der Waals surface area contributed by atoms with Crippen molar-refractivity contribution in [3.8, 4) is 5.88 Å². The van der Waals surface area contributed by atoms with E-state index >= 15 is 0 Å². The van der Waals surface area contributed by atoms with E-state index in [1.807, 2.05) is 19.2 Å². The van der Waals surface area contributed by atoms with Crippen LogP contribution in [-0.2, 0) is 11.3 Å². The van der Waals surface area contributed by atoms with E-state index in [4.69, 9.17) is 4.74 Å². The van der Waals surface area contributed by atoms with E-state index in [-0.39, 0.29) is 0 Å². The molecule has 1 aromatic rings. The number of rotatable bonds is 5. The van der Waals surface area contributed by atoms with Crippen LogP contribution in [0.5, 0.6) is 5.88 Å². The maximum Gasteiger partial charge on any atom is 0.225 e. The minimum atomic E-state index is 0.317. The third-order valence-electron chi connectivity index (χ3n) is 4.85. The molecule has 3 rings (SSSR count). The fraction of sp³-hybridized carbons (Fsp3) is 0.667. The second-order valence-corrected chi connectivity index (χ2v) is 6.52. The van der Waals surface area contributed by atoms with Gasteiger partial charge >= 0.3 is 0 Å². The Morgan fingerprint density at radius 2 is 2.09 bits per heavy atom. The van der Waals surface area contributed by atoms with E-state index in [2.05, 4.69) is 20.9 Å². The minimum absolute atomic E-state index is 0.317. The van der Waals surface area contributed by atoms with Gasteiger partial charge in [-0.3, -0.25) is 9.69 Å². The van der Waals surface area contributed by atoms with Crippen molar-refractivity contribution < 1.29 is 9.53 Å². The van der Waals surface area contributed by atoms with Gasteiger partial charge in [-0.2, -0.15) is 0 Å². The van der Waals surface area contributed by atoms with Crippen LogP contribution >= 0.6 is 0 Å². The third kappa shape index (κ3) is 4.22. The van der Waals surface area contributed by atoms with E-state index in [9.17, 15) is 4.79 Å². The van der Waals surface area contributed by atoms with E-state index in [1.165, 1.54) is 12.0 Å². The summed E-state index contributed by atoms with van der Waals surface area (Å²) in [6.45, 7) is 7.26. The number of amides is 1. The van der Waals surface area contributed by atoms with Crippen LogP contribution in [-0.4, -0.2) is 53.5 Å². The van der Waals surface area contributed by atoms with Gasteiger partial charge in [-0.05, 0) is 31.7 Å². The highest BCUT2D eigenvalue weighted by atomic mass is 16.5.